The SMILES string of the molecule is COc1ccc(CN=C(N)NCC(O)CS(=O)(=O)c2cccs2)cc1OC.I. The van der Waals surface area contributed by atoms with Crippen molar-refractivity contribution in [1.82, 2.24) is 5.32 Å². The fraction of sp³-hybridized carbons (Fsp3) is 0.353. The molecule has 8 nitrogen and oxygen atoms in total. The summed E-state index contributed by atoms with van der Waals surface area (Å²) in [6, 6.07) is 8.56. The maximum atomic E-state index is 12.1. The maximum Gasteiger partial charge on any atom is 0.190 e. The van der Waals surface area contributed by atoms with Gasteiger partial charge in [0.15, 0.2) is 27.3 Å². The van der Waals surface area contributed by atoms with E-state index in [0.717, 1.165) is 16.9 Å². The van der Waals surface area contributed by atoms with E-state index in [4.69, 9.17) is 15.2 Å². The molecular weight excluding hydrogens is 517 g/mol. The number of sulfone groups is 1. The number of thiophene rings is 1. The van der Waals surface area contributed by atoms with Crippen LogP contribution in [0.3, 0.4) is 0 Å². The molecule has 1 heterocycles. The van der Waals surface area contributed by atoms with Crippen LogP contribution in [0, 0.1) is 0 Å². The number of ether oxygens (including phenoxy) is 2. The number of nitrogens with one attached hydrogen (secondary N) is 1. The Morgan fingerprint density at radius 3 is 2.61 bits per heavy atom. The van der Waals surface area contributed by atoms with Gasteiger partial charge in [0, 0.05) is 6.54 Å². The van der Waals surface area contributed by atoms with Crippen LogP contribution in [0.1, 0.15) is 5.56 Å². The zero-order valence-corrected chi connectivity index (χ0v) is 19.5. The summed E-state index contributed by atoms with van der Waals surface area (Å²) < 4.78 is 34.9. The molecule has 0 aliphatic heterocycles. The van der Waals surface area contributed by atoms with Gasteiger partial charge in [0.25, 0.3) is 0 Å². The van der Waals surface area contributed by atoms with Gasteiger partial charge >= 0.3 is 0 Å². The summed E-state index contributed by atoms with van der Waals surface area (Å²) >= 11 is 1.12. The lowest BCUT2D eigenvalue weighted by molar-refractivity contribution is 0.200. The highest BCUT2D eigenvalue weighted by Crippen LogP contribution is 2.27. The van der Waals surface area contributed by atoms with E-state index in [1.165, 1.54) is 6.07 Å². The normalized spacial score (nSPS) is 12.8. The number of rotatable bonds is 9. The Hall–Kier alpha value is -1.57. The number of nitrogens with zero attached hydrogens (tertiary/aromatic N) is 1. The maximum absolute atomic E-state index is 12.1. The van der Waals surface area contributed by atoms with Gasteiger partial charge in [-0.1, -0.05) is 12.1 Å². The van der Waals surface area contributed by atoms with Gasteiger partial charge in [-0.3, -0.25) is 0 Å². The molecule has 156 valence electrons. The molecule has 0 aliphatic rings. The summed E-state index contributed by atoms with van der Waals surface area (Å²) in [4.78, 5) is 4.17. The molecule has 1 unspecified atom stereocenters. The van der Waals surface area contributed by atoms with E-state index in [2.05, 4.69) is 10.3 Å². The molecule has 1 aromatic carbocycles. The van der Waals surface area contributed by atoms with Crippen LogP contribution < -0.4 is 20.5 Å². The molecular formula is C17H24IN3O5S2. The van der Waals surface area contributed by atoms with Crippen molar-refractivity contribution in [3.63, 3.8) is 0 Å². The van der Waals surface area contributed by atoms with Crippen LogP contribution >= 0.6 is 35.3 Å². The van der Waals surface area contributed by atoms with Crippen molar-refractivity contribution in [3.05, 3.63) is 41.3 Å². The highest BCUT2D eigenvalue weighted by atomic mass is 127. The second kappa shape index (κ2) is 11.4. The Morgan fingerprint density at radius 2 is 2.00 bits per heavy atom. The summed E-state index contributed by atoms with van der Waals surface area (Å²) in [6.07, 6.45) is -1.10. The molecule has 0 fully saturated rings. The molecule has 0 saturated carbocycles. The first-order valence-electron chi connectivity index (χ1n) is 8.04. The standard InChI is InChI=1S/C17H23N3O5S2.HI/c1-24-14-6-5-12(8-15(14)25-2)9-19-17(18)20-10-13(21)11-27(22,23)16-4-3-7-26-16;/h3-8,13,21H,9-11H2,1-2H3,(H3,18,19,20);1H. The van der Waals surface area contributed by atoms with Crippen molar-refractivity contribution >= 4 is 51.1 Å². The number of halogens is 1. The molecule has 0 saturated heterocycles. The molecule has 0 radical (unpaired) electrons. The molecule has 2 aromatic rings. The van der Waals surface area contributed by atoms with Gasteiger partial charge in [0.2, 0.25) is 0 Å². The van der Waals surface area contributed by atoms with Crippen molar-refractivity contribution in [2.75, 3.05) is 26.5 Å². The van der Waals surface area contributed by atoms with Crippen molar-refractivity contribution in [2.45, 2.75) is 16.9 Å². The van der Waals surface area contributed by atoms with E-state index in [0.29, 0.717) is 18.0 Å². The van der Waals surface area contributed by atoms with Gasteiger partial charge in [-0.2, -0.15) is 0 Å². The Morgan fingerprint density at radius 1 is 1.29 bits per heavy atom. The number of aliphatic imine (C=N–C) groups is 1. The molecule has 0 spiro atoms. The minimum Gasteiger partial charge on any atom is -0.493 e. The van der Waals surface area contributed by atoms with E-state index in [9.17, 15) is 13.5 Å². The summed E-state index contributed by atoms with van der Waals surface area (Å²) in [5, 5.41) is 14.4. The average Bonchev–Trinajstić information content (AvgIpc) is 3.20. The predicted octanol–water partition coefficient (Wildman–Crippen LogP) is 1.62. The molecule has 1 aromatic heterocycles. The average molecular weight is 541 g/mol. The lowest BCUT2D eigenvalue weighted by atomic mass is 10.2. The summed E-state index contributed by atoms with van der Waals surface area (Å²) in [5.74, 6) is 0.929. The van der Waals surface area contributed by atoms with Crippen LogP contribution in [0.4, 0.5) is 0 Å². The van der Waals surface area contributed by atoms with Crippen LogP contribution in [0.15, 0.2) is 44.9 Å². The monoisotopic (exact) mass is 541 g/mol. The number of nitrogens with two attached hydrogens (primary N) is 1. The smallest absolute Gasteiger partial charge is 0.190 e. The zero-order valence-electron chi connectivity index (χ0n) is 15.5. The highest BCUT2D eigenvalue weighted by molar-refractivity contribution is 14.0. The Labute approximate surface area is 185 Å². The predicted molar refractivity (Wildman–Crippen MR) is 121 cm³/mol. The Balaban J connectivity index is 0.00000392. The molecule has 28 heavy (non-hydrogen) atoms. The quantitative estimate of drug-likeness (QED) is 0.251. The van der Waals surface area contributed by atoms with Gasteiger partial charge in [-0.05, 0) is 29.1 Å². The second-order valence-electron chi connectivity index (χ2n) is 5.64. The molecule has 1 atom stereocenters. The minimum absolute atomic E-state index is 0. The van der Waals surface area contributed by atoms with E-state index < -0.39 is 15.9 Å². The van der Waals surface area contributed by atoms with Gasteiger partial charge in [0.05, 0.1) is 32.6 Å². The fourth-order valence-electron chi connectivity index (χ4n) is 2.27. The first kappa shape index (κ1) is 24.5. The topological polar surface area (TPSA) is 123 Å². The molecule has 2 rings (SSSR count). The second-order valence-corrected chi connectivity index (χ2v) is 8.85. The number of aliphatic hydroxyl groups is 1. The molecule has 0 aliphatic carbocycles. The zero-order chi connectivity index (χ0) is 19.9. The van der Waals surface area contributed by atoms with E-state index in [-0.39, 0.29) is 46.4 Å². The van der Waals surface area contributed by atoms with Gasteiger partial charge in [0.1, 0.15) is 4.21 Å². The number of hydrogen-bond acceptors (Lipinski definition) is 7. The number of methoxy groups -OCH3 is 2. The van der Waals surface area contributed by atoms with Crippen LogP contribution in [-0.2, 0) is 16.4 Å². The van der Waals surface area contributed by atoms with Crippen LogP contribution in [0.5, 0.6) is 11.5 Å². The first-order valence-corrected chi connectivity index (χ1v) is 10.6. The first-order chi connectivity index (χ1) is 12.9. The summed E-state index contributed by atoms with van der Waals surface area (Å²) in [7, 11) is -0.406. The molecule has 0 amide bonds. The van der Waals surface area contributed by atoms with Crippen molar-refractivity contribution in [1.29, 1.82) is 0 Å². The fourth-order valence-corrected chi connectivity index (χ4v) is 4.75. The van der Waals surface area contributed by atoms with E-state index in [1.54, 1.807) is 37.8 Å². The van der Waals surface area contributed by atoms with E-state index in [1.807, 2.05) is 6.07 Å². The molecule has 0 bridgehead atoms. The van der Waals surface area contributed by atoms with Crippen LogP contribution in [0.25, 0.3) is 0 Å². The Bertz CT molecular complexity index is 873. The number of guanidine groups is 1. The molecule has 4 N–H and O–H groups in total. The molecule has 11 heteroatoms. The summed E-state index contributed by atoms with van der Waals surface area (Å²) in [5.41, 5.74) is 6.64. The number of benzene rings is 1. The third-order valence-corrected chi connectivity index (χ3v) is 6.90. The van der Waals surface area contributed by atoms with Crippen LogP contribution in [0.2, 0.25) is 0 Å². The van der Waals surface area contributed by atoms with Crippen LogP contribution in [-0.4, -0.2) is 52.1 Å². The van der Waals surface area contributed by atoms with Crippen molar-refractivity contribution in [3.8, 4) is 11.5 Å². The third kappa shape index (κ3) is 7.11. The lowest BCUT2D eigenvalue weighted by Gasteiger charge is -2.12. The van der Waals surface area contributed by atoms with Gasteiger partial charge < -0.3 is 25.6 Å². The lowest BCUT2D eigenvalue weighted by Crippen LogP contribution is -2.39. The van der Waals surface area contributed by atoms with E-state index >= 15 is 0 Å². The van der Waals surface area contributed by atoms with Gasteiger partial charge in [-0.15, -0.1) is 35.3 Å². The van der Waals surface area contributed by atoms with Gasteiger partial charge in [-0.25, -0.2) is 13.4 Å². The third-order valence-electron chi connectivity index (χ3n) is 3.61. The Kier molecular flexibility index (Phi) is 9.99. The van der Waals surface area contributed by atoms with Crippen molar-refractivity contribution < 1.29 is 23.0 Å². The summed E-state index contributed by atoms with van der Waals surface area (Å²) in [6.45, 7) is 0.272. The highest BCUT2D eigenvalue weighted by Gasteiger charge is 2.20. The minimum atomic E-state index is -3.51. The number of hydrogen-bond donors (Lipinski definition) is 3. The number of aliphatic hydroxyl groups excluding tert-OH is 1. The largest absolute Gasteiger partial charge is 0.493 e. The van der Waals surface area contributed by atoms with Crippen molar-refractivity contribution in [2.24, 2.45) is 10.7 Å².